The average molecular weight is 311 g/mol. The third-order valence-electron chi connectivity index (χ3n) is 4.06. The van der Waals surface area contributed by atoms with E-state index < -0.39 is 9.84 Å². The molecule has 116 valence electrons. The quantitative estimate of drug-likeness (QED) is 0.917. The zero-order valence-electron chi connectivity index (χ0n) is 12.2. The number of ether oxygens (including phenoxy) is 2. The molecule has 6 heteroatoms. The summed E-state index contributed by atoms with van der Waals surface area (Å²) >= 11 is 0. The van der Waals surface area contributed by atoms with Gasteiger partial charge in [0, 0.05) is 24.1 Å². The lowest BCUT2D eigenvalue weighted by molar-refractivity contribution is 0.295. The highest BCUT2D eigenvalue weighted by Gasteiger charge is 2.38. The number of sulfone groups is 1. The van der Waals surface area contributed by atoms with Gasteiger partial charge in [0.25, 0.3) is 0 Å². The van der Waals surface area contributed by atoms with Crippen LogP contribution in [0.15, 0.2) is 18.2 Å². The molecule has 0 amide bonds. The molecule has 0 radical (unpaired) electrons. The smallest absolute Gasteiger partial charge is 0.165 e. The molecular weight excluding hydrogens is 290 g/mol. The van der Waals surface area contributed by atoms with Crippen molar-refractivity contribution < 1.29 is 17.9 Å². The van der Waals surface area contributed by atoms with E-state index in [4.69, 9.17) is 9.47 Å². The molecule has 2 heterocycles. The maximum atomic E-state index is 11.7. The Balaban J connectivity index is 1.74. The van der Waals surface area contributed by atoms with E-state index in [1.807, 2.05) is 25.1 Å². The Labute approximate surface area is 125 Å². The summed E-state index contributed by atoms with van der Waals surface area (Å²) in [6.45, 7) is 3.87. The summed E-state index contributed by atoms with van der Waals surface area (Å²) in [6, 6.07) is 5.84. The minimum Gasteiger partial charge on any atom is -0.490 e. The third-order valence-corrected chi connectivity index (χ3v) is 5.97. The van der Waals surface area contributed by atoms with E-state index in [1.54, 1.807) is 0 Å². The second-order valence-electron chi connectivity index (χ2n) is 6.05. The van der Waals surface area contributed by atoms with Crippen LogP contribution in [0, 0.1) is 0 Å². The Kier molecular flexibility index (Phi) is 3.84. The van der Waals surface area contributed by atoms with Crippen molar-refractivity contribution in [2.45, 2.75) is 31.8 Å². The fraction of sp³-hybridized carbons (Fsp3) is 0.600. The number of hydrogen-bond acceptors (Lipinski definition) is 5. The highest BCUT2D eigenvalue weighted by atomic mass is 32.2. The van der Waals surface area contributed by atoms with Gasteiger partial charge in [0.15, 0.2) is 21.3 Å². The van der Waals surface area contributed by atoms with Gasteiger partial charge < -0.3 is 14.8 Å². The number of rotatable bonds is 3. The van der Waals surface area contributed by atoms with Crippen LogP contribution in [-0.4, -0.2) is 38.7 Å². The van der Waals surface area contributed by atoms with Crippen molar-refractivity contribution in [3.63, 3.8) is 0 Å². The molecule has 0 bridgehead atoms. The predicted octanol–water partition coefficient (Wildman–Crippen LogP) is 1.51. The first-order chi connectivity index (χ1) is 9.98. The summed E-state index contributed by atoms with van der Waals surface area (Å²) in [5, 5.41) is 3.39. The van der Waals surface area contributed by atoms with Crippen molar-refractivity contribution in [3.8, 4) is 11.5 Å². The van der Waals surface area contributed by atoms with Gasteiger partial charge >= 0.3 is 0 Å². The third kappa shape index (κ3) is 3.32. The molecule has 3 rings (SSSR count). The molecule has 2 aliphatic heterocycles. The number of benzene rings is 1. The van der Waals surface area contributed by atoms with E-state index in [9.17, 15) is 8.42 Å². The number of para-hydroxylation sites is 1. The first-order valence-corrected chi connectivity index (χ1v) is 9.13. The lowest BCUT2D eigenvalue weighted by atomic mass is 10.0. The molecule has 0 spiro atoms. The van der Waals surface area contributed by atoms with Gasteiger partial charge in [-0.15, -0.1) is 0 Å². The number of nitrogens with one attached hydrogen (secondary N) is 1. The fourth-order valence-electron chi connectivity index (χ4n) is 2.85. The lowest BCUT2D eigenvalue weighted by Gasteiger charge is -2.24. The highest BCUT2D eigenvalue weighted by molar-refractivity contribution is 7.91. The molecule has 0 aromatic heterocycles. The maximum absolute atomic E-state index is 11.7. The van der Waals surface area contributed by atoms with Crippen LogP contribution in [0.4, 0.5) is 0 Å². The van der Waals surface area contributed by atoms with Gasteiger partial charge in [0.1, 0.15) is 0 Å². The van der Waals surface area contributed by atoms with Crippen LogP contribution in [0.25, 0.3) is 0 Å². The molecule has 1 saturated heterocycles. The van der Waals surface area contributed by atoms with Gasteiger partial charge in [0.2, 0.25) is 0 Å². The number of hydrogen-bond donors (Lipinski definition) is 1. The molecule has 0 aliphatic carbocycles. The monoisotopic (exact) mass is 311 g/mol. The van der Waals surface area contributed by atoms with Crippen LogP contribution in [0.5, 0.6) is 11.5 Å². The zero-order chi connectivity index (χ0) is 14.9. The lowest BCUT2D eigenvalue weighted by Crippen LogP contribution is -2.42. The predicted molar refractivity (Wildman–Crippen MR) is 80.6 cm³/mol. The highest BCUT2D eigenvalue weighted by Crippen LogP contribution is 2.34. The molecule has 2 aliphatic rings. The Morgan fingerprint density at radius 2 is 2.10 bits per heavy atom. The molecule has 1 unspecified atom stereocenters. The average Bonchev–Trinajstić information content (AvgIpc) is 2.63. The Morgan fingerprint density at radius 3 is 2.86 bits per heavy atom. The van der Waals surface area contributed by atoms with Gasteiger partial charge in [0.05, 0.1) is 24.7 Å². The topological polar surface area (TPSA) is 64.6 Å². The van der Waals surface area contributed by atoms with E-state index >= 15 is 0 Å². The molecule has 1 N–H and O–H groups in total. The molecule has 1 aromatic rings. The Morgan fingerprint density at radius 1 is 1.29 bits per heavy atom. The van der Waals surface area contributed by atoms with Crippen LogP contribution in [-0.2, 0) is 16.4 Å². The first-order valence-electron chi connectivity index (χ1n) is 7.30. The Bertz CT molecular complexity index is 629. The van der Waals surface area contributed by atoms with E-state index in [0.29, 0.717) is 26.2 Å². The van der Waals surface area contributed by atoms with Gasteiger partial charge in [-0.2, -0.15) is 0 Å². The summed E-state index contributed by atoms with van der Waals surface area (Å²) in [7, 11) is -2.90. The zero-order valence-corrected chi connectivity index (χ0v) is 13.0. The van der Waals surface area contributed by atoms with Crippen molar-refractivity contribution in [1.29, 1.82) is 0 Å². The van der Waals surface area contributed by atoms with Crippen LogP contribution in [0.2, 0.25) is 0 Å². The molecule has 21 heavy (non-hydrogen) atoms. The molecule has 1 fully saturated rings. The van der Waals surface area contributed by atoms with Gasteiger partial charge in [-0.25, -0.2) is 8.42 Å². The molecule has 1 aromatic carbocycles. The van der Waals surface area contributed by atoms with Gasteiger partial charge in [-0.1, -0.05) is 12.1 Å². The molecule has 0 saturated carbocycles. The van der Waals surface area contributed by atoms with E-state index in [0.717, 1.165) is 23.5 Å². The second kappa shape index (κ2) is 5.50. The summed E-state index contributed by atoms with van der Waals surface area (Å²) in [5.41, 5.74) is 0.660. The van der Waals surface area contributed by atoms with Gasteiger partial charge in [-0.3, -0.25) is 0 Å². The fourth-order valence-corrected chi connectivity index (χ4v) is 4.97. The number of fused-ring (bicyclic) bond motifs is 1. The molecule has 1 atom stereocenters. The normalized spacial score (nSPS) is 27.3. The summed E-state index contributed by atoms with van der Waals surface area (Å²) < 4.78 is 34.8. The van der Waals surface area contributed by atoms with Crippen molar-refractivity contribution in [2.24, 2.45) is 0 Å². The van der Waals surface area contributed by atoms with Crippen LogP contribution >= 0.6 is 0 Å². The van der Waals surface area contributed by atoms with E-state index in [2.05, 4.69) is 5.32 Å². The second-order valence-corrected chi connectivity index (χ2v) is 8.24. The Hall–Kier alpha value is -1.27. The van der Waals surface area contributed by atoms with Gasteiger partial charge in [-0.05, 0) is 19.4 Å². The summed E-state index contributed by atoms with van der Waals surface area (Å²) in [4.78, 5) is 0. The van der Waals surface area contributed by atoms with Crippen LogP contribution < -0.4 is 14.8 Å². The molecular formula is C15H21NO4S. The maximum Gasteiger partial charge on any atom is 0.165 e. The first kappa shape index (κ1) is 14.7. The van der Waals surface area contributed by atoms with E-state index in [-0.39, 0.29) is 17.0 Å². The minimum absolute atomic E-state index is 0.201. The minimum atomic E-state index is -2.90. The van der Waals surface area contributed by atoms with Crippen molar-refractivity contribution in [1.82, 2.24) is 5.32 Å². The van der Waals surface area contributed by atoms with Crippen molar-refractivity contribution >= 4 is 9.84 Å². The standard InChI is InChI=1S/C15H21NO4S/c1-15(6-9-21(17,18)11-15)16-10-12-4-2-5-13-14(12)20-8-3-7-19-13/h2,4-5,16H,3,6-11H2,1H3. The largest absolute Gasteiger partial charge is 0.490 e. The van der Waals surface area contributed by atoms with Crippen LogP contribution in [0.3, 0.4) is 0 Å². The summed E-state index contributed by atoms with van der Waals surface area (Å²) in [5.74, 6) is 2.03. The van der Waals surface area contributed by atoms with Crippen molar-refractivity contribution in [2.75, 3.05) is 24.7 Å². The summed E-state index contributed by atoms with van der Waals surface area (Å²) in [6.07, 6.45) is 1.53. The van der Waals surface area contributed by atoms with E-state index in [1.165, 1.54) is 0 Å². The van der Waals surface area contributed by atoms with Crippen LogP contribution in [0.1, 0.15) is 25.3 Å². The SMILES string of the molecule is CC1(NCc2cccc3c2OCCCO3)CCS(=O)(=O)C1. The molecule has 5 nitrogen and oxygen atoms in total. The van der Waals surface area contributed by atoms with Crippen molar-refractivity contribution in [3.05, 3.63) is 23.8 Å².